The molecule has 2 N–H and O–H groups in total. The lowest BCUT2D eigenvalue weighted by Crippen LogP contribution is -2.35. The van der Waals surface area contributed by atoms with E-state index in [0.29, 0.717) is 5.76 Å². The second-order valence-corrected chi connectivity index (χ2v) is 4.95. The Labute approximate surface area is 137 Å². The van der Waals surface area contributed by atoms with E-state index in [1.54, 1.807) is 12.1 Å². The highest BCUT2D eigenvalue weighted by atomic mass is 35.5. The van der Waals surface area contributed by atoms with Crippen molar-refractivity contribution >= 4 is 29.5 Å². The van der Waals surface area contributed by atoms with Crippen molar-refractivity contribution in [2.75, 3.05) is 6.54 Å². The zero-order valence-electron chi connectivity index (χ0n) is 12.0. The number of rotatable bonds is 6. The molecular formula is C16H14ClFN2O3. The van der Waals surface area contributed by atoms with Crippen molar-refractivity contribution in [3.63, 3.8) is 0 Å². The summed E-state index contributed by atoms with van der Waals surface area (Å²) in [4.78, 5) is 23.2. The third-order valence-electron chi connectivity index (χ3n) is 2.86. The van der Waals surface area contributed by atoms with E-state index in [4.69, 9.17) is 16.0 Å². The Kier molecular flexibility index (Phi) is 5.94. The van der Waals surface area contributed by atoms with Crippen molar-refractivity contribution in [1.82, 2.24) is 10.6 Å². The topological polar surface area (TPSA) is 71.3 Å². The average molecular weight is 337 g/mol. The van der Waals surface area contributed by atoms with Crippen molar-refractivity contribution in [3.8, 4) is 0 Å². The quantitative estimate of drug-likeness (QED) is 0.796. The summed E-state index contributed by atoms with van der Waals surface area (Å²) in [5.74, 6) is -0.818. The van der Waals surface area contributed by atoms with Gasteiger partial charge in [-0.05, 0) is 30.3 Å². The molecule has 23 heavy (non-hydrogen) atoms. The molecule has 7 heteroatoms. The maximum atomic E-state index is 13.5. The lowest BCUT2D eigenvalue weighted by Gasteiger charge is -2.04. The molecule has 0 radical (unpaired) electrons. The summed E-state index contributed by atoms with van der Waals surface area (Å²) in [7, 11) is 0. The summed E-state index contributed by atoms with van der Waals surface area (Å²) in [6.45, 7) is 0.0390. The average Bonchev–Trinajstić information content (AvgIpc) is 3.04. The lowest BCUT2D eigenvalue weighted by molar-refractivity contribution is -0.124. The standard InChI is InChI=1S/C16H14ClFN2O3/c17-13-4-1-5-14(18)12(13)6-7-15(21)20-10-16(22)19-9-11-3-2-8-23-11/h1-8H,9-10H2,(H,19,22)(H,20,21)/b7-6+. The smallest absolute Gasteiger partial charge is 0.244 e. The molecule has 2 aromatic rings. The third-order valence-corrected chi connectivity index (χ3v) is 3.19. The molecule has 0 bridgehead atoms. The maximum Gasteiger partial charge on any atom is 0.244 e. The molecule has 0 aliphatic heterocycles. The zero-order chi connectivity index (χ0) is 16.7. The molecular weight excluding hydrogens is 323 g/mol. The predicted molar refractivity (Wildman–Crippen MR) is 84.0 cm³/mol. The van der Waals surface area contributed by atoms with Gasteiger partial charge < -0.3 is 15.1 Å². The second kappa shape index (κ2) is 8.14. The minimum atomic E-state index is -0.530. The zero-order valence-corrected chi connectivity index (χ0v) is 12.8. The molecule has 0 saturated carbocycles. The lowest BCUT2D eigenvalue weighted by atomic mass is 10.2. The fourth-order valence-corrected chi connectivity index (χ4v) is 1.94. The highest BCUT2D eigenvalue weighted by Gasteiger charge is 2.06. The van der Waals surface area contributed by atoms with Crippen molar-refractivity contribution in [2.24, 2.45) is 0 Å². The number of hydrogen-bond donors (Lipinski definition) is 2. The van der Waals surface area contributed by atoms with Gasteiger partial charge in [0.2, 0.25) is 11.8 Å². The van der Waals surface area contributed by atoms with Gasteiger partial charge in [-0.2, -0.15) is 0 Å². The number of halogens is 2. The molecule has 0 unspecified atom stereocenters. The molecule has 0 saturated heterocycles. The van der Waals surface area contributed by atoms with Crippen LogP contribution in [0.1, 0.15) is 11.3 Å². The van der Waals surface area contributed by atoms with Crippen LogP contribution in [0.4, 0.5) is 4.39 Å². The molecule has 5 nitrogen and oxygen atoms in total. The van der Waals surface area contributed by atoms with Crippen LogP contribution in [0.15, 0.2) is 47.1 Å². The fraction of sp³-hybridized carbons (Fsp3) is 0.125. The summed E-state index contributed by atoms with van der Waals surface area (Å²) >= 11 is 5.83. The SMILES string of the molecule is O=C(/C=C/c1c(F)cccc1Cl)NCC(=O)NCc1ccco1. The number of amides is 2. The van der Waals surface area contributed by atoms with Crippen LogP contribution in [0.3, 0.4) is 0 Å². The molecule has 0 aliphatic rings. The van der Waals surface area contributed by atoms with Gasteiger partial charge in [-0.25, -0.2) is 4.39 Å². The maximum absolute atomic E-state index is 13.5. The Balaban J connectivity index is 1.78. The highest BCUT2D eigenvalue weighted by Crippen LogP contribution is 2.20. The fourth-order valence-electron chi connectivity index (χ4n) is 1.72. The molecule has 0 fully saturated rings. The first kappa shape index (κ1) is 16.8. The number of carbonyl (C=O) groups excluding carboxylic acids is 2. The van der Waals surface area contributed by atoms with Crippen LogP contribution >= 0.6 is 11.6 Å². The van der Waals surface area contributed by atoms with Gasteiger partial charge in [0.05, 0.1) is 24.4 Å². The van der Waals surface area contributed by atoms with Gasteiger partial charge in [-0.1, -0.05) is 17.7 Å². The van der Waals surface area contributed by atoms with E-state index >= 15 is 0 Å². The van der Waals surface area contributed by atoms with E-state index in [9.17, 15) is 14.0 Å². The molecule has 0 spiro atoms. The molecule has 2 amide bonds. The van der Waals surface area contributed by atoms with Crippen LogP contribution in [0.25, 0.3) is 6.08 Å². The van der Waals surface area contributed by atoms with E-state index < -0.39 is 11.7 Å². The van der Waals surface area contributed by atoms with Crippen molar-refractivity contribution in [1.29, 1.82) is 0 Å². The number of benzene rings is 1. The van der Waals surface area contributed by atoms with Crippen LogP contribution in [-0.4, -0.2) is 18.4 Å². The molecule has 2 rings (SSSR count). The summed E-state index contributed by atoms with van der Waals surface area (Å²) in [5.41, 5.74) is 0.117. The summed E-state index contributed by atoms with van der Waals surface area (Å²) in [6.07, 6.45) is 3.87. The number of nitrogens with one attached hydrogen (secondary N) is 2. The van der Waals surface area contributed by atoms with E-state index in [1.807, 2.05) is 0 Å². The Morgan fingerprint density at radius 3 is 2.74 bits per heavy atom. The molecule has 1 aromatic heterocycles. The van der Waals surface area contributed by atoms with E-state index in [-0.39, 0.29) is 29.6 Å². The molecule has 1 heterocycles. The molecule has 1 aromatic carbocycles. The first-order chi connectivity index (χ1) is 11.1. The Morgan fingerprint density at radius 1 is 1.22 bits per heavy atom. The molecule has 0 aliphatic carbocycles. The van der Waals surface area contributed by atoms with E-state index in [2.05, 4.69) is 10.6 Å². The Morgan fingerprint density at radius 2 is 2.04 bits per heavy atom. The first-order valence-corrected chi connectivity index (χ1v) is 7.13. The third kappa shape index (κ3) is 5.27. The van der Waals surface area contributed by atoms with Crippen LogP contribution < -0.4 is 10.6 Å². The second-order valence-electron chi connectivity index (χ2n) is 4.54. The van der Waals surface area contributed by atoms with Gasteiger partial charge in [-0.15, -0.1) is 0 Å². The van der Waals surface area contributed by atoms with Gasteiger partial charge >= 0.3 is 0 Å². The van der Waals surface area contributed by atoms with Gasteiger partial charge in [0.25, 0.3) is 0 Å². The van der Waals surface area contributed by atoms with Crippen molar-refractivity contribution in [2.45, 2.75) is 6.54 Å². The summed E-state index contributed by atoms with van der Waals surface area (Å²) in [5, 5.41) is 5.17. The Bertz CT molecular complexity index is 694. The minimum Gasteiger partial charge on any atom is -0.467 e. The molecule has 0 atom stereocenters. The summed E-state index contributed by atoms with van der Waals surface area (Å²) in [6, 6.07) is 7.66. The van der Waals surface area contributed by atoms with Crippen molar-refractivity contribution in [3.05, 3.63) is 64.8 Å². The van der Waals surface area contributed by atoms with Crippen LogP contribution in [0.5, 0.6) is 0 Å². The Hall–Kier alpha value is -2.60. The van der Waals surface area contributed by atoms with Gasteiger partial charge in [-0.3, -0.25) is 9.59 Å². The van der Waals surface area contributed by atoms with Gasteiger partial charge in [0.1, 0.15) is 11.6 Å². The minimum absolute atomic E-state index is 0.117. The number of furan rings is 1. The largest absolute Gasteiger partial charge is 0.467 e. The summed E-state index contributed by atoms with van der Waals surface area (Å²) < 4.78 is 18.6. The van der Waals surface area contributed by atoms with Crippen LogP contribution in [0, 0.1) is 5.82 Å². The van der Waals surface area contributed by atoms with E-state index in [0.717, 1.165) is 6.08 Å². The highest BCUT2D eigenvalue weighted by molar-refractivity contribution is 6.32. The number of carbonyl (C=O) groups is 2. The van der Waals surface area contributed by atoms with Gasteiger partial charge in [0, 0.05) is 11.6 Å². The van der Waals surface area contributed by atoms with Crippen LogP contribution in [0.2, 0.25) is 5.02 Å². The number of hydrogen-bond acceptors (Lipinski definition) is 3. The van der Waals surface area contributed by atoms with E-state index in [1.165, 1.54) is 30.5 Å². The van der Waals surface area contributed by atoms with Crippen molar-refractivity contribution < 1.29 is 18.4 Å². The monoisotopic (exact) mass is 336 g/mol. The van der Waals surface area contributed by atoms with Gasteiger partial charge in [0.15, 0.2) is 0 Å². The molecule has 120 valence electrons. The first-order valence-electron chi connectivity index (χ1n) is 6.75. The normalized spacial score (nSPS) is 10.7. The predicted octanol–water partition coefficient (Wildman–Crippen LogP) is 2.52. The van der Waals surface area contributed by atoms with Crippen LogP contribution in [-0.2, 0) is 16.1 Å².